The van der Waals surface area contributed by atoms with Gasteiger partial charge in [0.25, 0.3) is 0 Å². The lowest BCUT2D eigenvalue weighted by Gasteiger charge is -2.57. The fourth-order valence-corrected chi connectivity index (χ4v) is 6.57. The highest BCUT2D eigenvalue weighted by molar-refractivity contribution is 5.85. The summed E-state index contributed by atoms with van der Waals surface area (Å²) in [7, 11) is 0. The number of hydrogen-bond donors (Lipinski definition) is 2. The van der Waals surface area contributed by atoms with Crippen LogP contribution >= 0.6 is 0 Å². The number of aliphatic carboxylic acids is 1. The molecule has 0 amide bonds. The molecule has 3 heteroatoms. The third-order valence-electron chi connectivity index (χ3n) is 7.24. The van der Waals surface area contributed by atoms with Gasteiger partial charge in [-0.2, -0.15) is 0 Å². The number of carboxylic acids is 1. The van der Waals surface area contributed by atoms with Crippen LogP contribution in [-0.2, 0) is 10.2 Å². The predicted molar refractivity (Wildman–Crippen MR) is 110 cm³/mol. The number of benzene rings is 2. The monoisotopic (exact) mass is 374 g/mol. The molecule has 0 saturated heterocycles. The van der Waals surface area contributed by atoms with Gasteiger partial charge in [-0.25, -0.2) is 4.79 Å². The number of carbonyl (C=O) groups is 1. The normalized spacial score (nSPS) is 30.8. The Morgan fingerprint density at radius 2 is 1.57 bits per heavy atom. The molecule has 28 heavy (non-hydrogen) atoms. The first kappa shape index (κ1) is 17.5. The fourth-order valence-electron chi connectivity index (χ4n) is 6.57. The smallest absolute Gasteiger partial charge is 0.328 e. The van der Waals surface area contributed by atoms with E-state index in [0.717, 1.165) is 46.1 Å². The van der Waals surface area contributed by atoms with Crippen LogP contribution in [0.3, 0.4) is 0 Å². The van der Waals surface area contributed by atoms with Crippen LogP contribution in [0.15, 0.2) is 48.5 Å². The minimum atomic E-state index is -0.945. The van der Waals surface area contributed by atoms with Crippen LogP contribution in [0, 0.1) is 17.8 Å². The van der Waals surface area contributed by atoms with Gasteiger partial charge in [0.15, 0.2) is 0 Å². The van der Waals surface area contributed by atoms with Gasteiger partial charge in [0.05, 0.1) is 0 Å². The fraction of sp³-hybridized carbons (Fsp3) is 0.400. The molecule has 0 heterocycles. The summed E-state index contributed by atoms with van der Waals surface area (Å²) >= 11 is 0. The predicted octanol–water partition coefficient (Wildman–Crippen LogP) is 5.62. The number of phenolic OH excluding ortho intramolecular Hbond substituents is 1. The van der Waals surface area contributed by atoms with Crippen molar-refractivity contribution in [3.63, 3.8) is 0 Å². The van der Waals surface area contributed by atoms with E-state index in [9.17, 15) is 9.90 Å². The van der Waals surface area contributed by atoms with Crippen LogP contribution in [0.2, 0.25) is 0 Å². The van der Waals surface area contributed by atoms with Crippen LogP contribution in [0.25, 0.3) is 17.2 Å². The Bertz CT molecular complexity index is 921. The molecule has 4 fully saturated rings. The van der Waals surface area contributed by atoms with Gasteiger partial charge in [-0.1, -0.05) is 24.3 Å². The second-order valence-electron chi connectivity index (χ2n) is 9.23. The highest BCUT2D eigenvalue weighted by Crippen LogP contribution is 2.62. The maximum atomic E-state index is 10.8. The van der Waals surface area contributed by atoms with E-state index < -0.39 is 5.97 Å². The van der Waals surface area contributed by atoms with Crippen molar-refractivity contribution in [1.29, 1.82) is 0 Å². The molecule has 0 aromatic heterocycles. The molecule has 144 valence electrons. The Morgan fingerprint density at radius 1 is 0.929 bits per heavy atom. The molecule has 4 bridgehead atoms. The van der Waals surface area contributed by atoms with E-state index in [1.54, 1.807) is 6.08 Å². The molecule has 0 aliphatic heterocycles. The quantitative estimate of drug-likeness (QED) is 0.683. The highest BCUT2D eigenvalue weighted by Gasteiger charge is 2.52. The Hall–Kier alpha value is -2.55. The van der Waals surface area contributed by atoms with E-state index in [1.165, 1.54) is 38.5 Å². The average Bonchev–Trinajstić information content (AvgIpc) is 2.66. The topological polar surface area (TPSA) is 57.5 Å². The molecular formula is C25H26O3. The van der Waals surface area contributed by atoms with Crippen molar-refractivity contribution >= 4 is 12.0 Å². The van der Waals surface area contributed by atoms with Crippen LogP contribution < -0.4 is 0 Å². The Kier molecular flexibility index (Phi) is 4.08. The average molecular weight is 374 g/mol. The number of rotatable bonds is 4. The van der Waals surface area contributed by atoms with E-state index in [1.807, 2.05) is 36.4 Å². The Labute approximate surface area is 165 Å². The molecule has 2 N–H and O–H groups in total. The zero-order valence-electron chi connectivity index (χ0n) is 16.0. The van der Waals surface area contributed by atoms with Gasteiger partial charge < -0.3 is 10.2 Å². The van der Waals surface area contributed by atoms with Crippen molar-refractivity contribution < 1.29 is 15.0 Å². The zero-order chi connectivity index (χ0) is 19.3. The Morgan fingerprint density at radius 3 is 2.21 bits per heavy atom. The summed E-state index contributed by atoms with van der Waals surface area (Å²) in [5.41, 5.74) is 4.29. The van der Waals surface area contributed by atoms with E-state index >= 15 is 0 Å². The summed E-state index contributed by atoms with van der Waals surface area (Å²) in [5, 5.41) is 19.6. The number of carboxylic acid groups (broad SMARTS) is 1. The lowest BCUT2D eigenvalue weighted by atomic mass is 9.48. The number of hydrogen-bond acceptors (Lipinski definition) is 2. The number of phenols is 1. The van der Waals surface area contributed by atoms with E-state index in [2.05, 4.69) is 6.07 Å². The van der Waals surface area contributed by atoms with Crippen LogP contribution in [0.4, 0.5) is 0 Å². The molecule has 2 aromatic rings. The van der Waals surface area contributed by atoms with Crippen LogP contribution in [-0.4, -0.2) is 16.2 Å². The van der Waals surface area contributed by atoms with Crippen molar-refractivity contribution in [2.45, 2.75) is 43.9 Å². The molecule has 4 saturated carbocycles. The first-order valence-electron chi connectivity index (χ1n) is 10.4. The molecule has 0 radical (unpaired) electrons. The summed E-state index contributed by atoms with van der Waals surface area (Å²) < 4.78 is 0. The maximum Gasteiger partial charge on any atom is 0.328 e. The van der Waals surface area contributed by atoms with Crippen molar-refractivity contribution in [3.05, 3.63) is 59.7 Å². The van der Waals surface area contributed by atoms with Gasteiger partial charge in [-0.3, -0.25) is 0 Å². The van der Waals surface area contributed by atoms with Gasteiger partial charge in [0.1, 0.15) is 5.75 Å². The van der Waals surface area contributed by atoms with Crippen molar-refractivity contribution in [3.8, 4) is 16.9 Å². The molecule has 0 spiro atoms. The second-order valence-corrected chi connectivity index (χ2v) is 9.23. The molecule has 0 atom stereocenters. The van der Waals surface area contributed by atoms with Crippen molar-refractivity contribution in [1.82, 2.24) is 0 Å². The summed E-state index contributed by atoms with van der Waals surface area (Å²) in [4.78, 5) is 10.8. The molecule has 4 aliphatic rings. The minimum absolute atomic E-state index is 0.148. The summed E-state index contributed by atoms with van der Waals surface area (Å²) in [6, 6.07) is 13.9. The molecular weight excluding hydrogens is 348 g/mol. The molecule has 2 aromatic carbocycles. The highest BCUT2D eigenvalue weighted by atomic mass is 16.4. The van der Waals surface area contributed by atoms with Crippen molar-refractivity contribution in [2.75, 3.05) is 0 Å². The lowest BCUT2D eigenvalue weighted by Crippen LogP contribution is -2.48. The summed E-state index contributed by atoms with van der Waals surface area (Å²) in [6.07, 6.45) is 10.6. The van der Waals surface area contributed by atoms with Crippen molar-refractivity contribution in [2.24, 2.45) is 17.8 Å². The second kappa shape index (κ2) is 6.51. The Balaban J connectivity index is 1.52. The van der Waals surface area contributed by atoms with Gasteiger partial charge in [-0.05, 0) is 103 Å². The first-order valence-corrected chi connectivity index (χ1v) is 10.4. The van der Waals surface area contributed by atoms with E-state index in [-0.39, 0.29) is 5.41 Å². The minimum Gasteiger partial charge on any atom is -0.508 e. The van der Waals surface area contributed by atoms with Gasteiger partial charge in [0.2, 0.25) is 0 Å². The zero-order valence-corrected chi connectivity index (χ0v) is 16.0. The van der Waals surface area contributed by atoms with E-state index in [0.29, 0.717) is 5.75 Å². The molecule has 3 nitrogen and oxygen atoms in total. The maximum absolute atomic E-state index is 10.8. The standard InChI is InChI=1S/C25H26O3/c26-23-6-5-21(20-3-1-2-16(11-20)4-7-24(27)28)12-22(23)25-13-17-8-18(14-25)10-19(9-17)15-25/h1-7,11-12,17-19,26H,8-10,13-15H2,(H,27,28)/b7-4+. The molecule has 0 unspecified atom stereocenters. The third-order valence-corrected chi connectivity index (χ3v) is 7.24. The van der Waals surface area contributed by atoms with E-state index in [4.69, 9.17) is 5.11 Å². The molecule has 4 aliphatic carbocycles. The third kappa shape index (κ3) is 3.03. The van der Waals surface area contributed by atoms with Gasteiger partial charge in [0, 0.05) is 11.6 Å². The number of aromatic hydroxyl groups is 1. The van der Waals surface area contributed by atoms with Gasteiger partial charge in [-0.15, -0.1) is 0 Å². The SMILES string of the molecule is O=C(O)/C=C/c1cccc(-c2ccc(O)c(C34CC5CC(CC(C5)C3)C4)c2)c1. The first-order chi connectivity index (χ1) is 13.5. The van der Waals surface area contributed by atoms with Gasteiger partial charge >= 0.3 is 5.97 Å². The van der Waals surface area contributed by atoms with Crippen LogP contribution in [0.1, 0.15) is 49.7 Å². The summed E-state index contributed by atoms with van der Waals surface area (Å²) in [6.45, 7) is 0. The lowest BCUT2D eigenvalue weighted by molar-refractivity contribution is -0.131. The molecule has 6 rings (SSSR count). The summed E-state index contributed by atoms with van der Waals surface area (Å²) in [5.74, 6) is 1.99. The largest absolute Gasteiger partial charge is 0.508 e. The van der Waals surface area contributed by atoms with Crippen LogP contribution in [0.5, 0.6) is 5.75 Å².